The Morgan fingerprint density at radius 2 is 1.76 bits per heavy atom. The maximum atomic E-state index is 11.7. The summed E-state index contributed by atoms with van der Waals surface area (Å²) in [6.45, 7) is 0.0689. The Morgan fingerprint density at radius 3 is 2.29 bits per heavy atom. The molecule has 0 saturated carbocycles. The monoisotopic (exact) mass is 274 g/mol. The van der Waals surface area contributed by atoms with E-state index in [0.29, 0.717) is 0 Å². The number of halogens is 3. The number of rotatable bonds is 7. The molecule has 17 heavy (non-hydrogen) atoms. The molecule has 0 aliphatic rings. The van der Waals surface area contributed by atoms with Gasteiger partial charge in [0.05, 0.1) is 0 Å². The van der Waals surface area contributed by atoms with E-state index in [-0.39, 0.29) is 43.4 Å². The van der Waals surface area contributed by atoms with Gasteiger partial charge in [-0.3, -0.25) is 4.79 Å². The van der Waals surface area contributed by atoms with Crippen LogP contribution in [0.25, 0.3) is 0 Å². The zero-order valence-corrected chi connectivity index (χ0v) is 9.66. The molecule has 9 heteroatoms. The second kappa shape index (κ2) is 8.04. The van der Waals surface area contributed by atoms with Crippen LogP contribution >= 0.6 is 11.8 Å². The molecular weight excluding hydrogens is 261 g/mol. The molecule has 0 aliphatic carbocycles. The molecule has 3 N–H and O–H groups in total. The summed E-state index contributed by atoms with van der Waals surface area (Å²) in [5.41, 5.74) is -4.29. The maximum absolute atomic E-state index is 11.7. The van der Waals surface area contributed by atoms with Gasteiger partial charge in [-0.2, -0.15) is 13.2 Å². The number of carbonyl (C=O) groups excluding carboxylic acids is 1. The molecule has 0 rings (SSSR count). The average Bonchev–Trinajstić information content (AvgIpc) is 2.18. The van der Waals surface area contributed by atoms with Gasteiger partial charge in [0.25, 0.3) is 0 Å². The van der Waals surface area contributed by atoms with Crippen LogP contribution in [-0.4, -0.2) is 41.5 Å². The van der Waals surface area contributed by atoms with Crippen LogP contribution in [0.4, 0.5) is 18.0 Å². The van der Waals surface area contributed by atoms with Gasteiger partial charge in [0.2, 0.25) is 0 Å². The first kappa shape index (κ1) is 15.9. The van der Waals surface area contributed by atoms with Crippen molar-refractivity contribution in [2.24, 2.45) is 0 Å². The molecule has 0 bridgehead atoms. The molecule has 0 aromatic rings. The van der Waals surface area contributed by atoms with E-state index < -0.39 is 17.5 Å². The molecule has 0 fully saturated rings. The minimum Gasteiger partial charge on any atom is -0.481 e. The van der Waals surface area contributed by atoms with Crippen molar-refractivity contribution >= 4 is 23.8 Å². The number of hydrogen-bond acceptors (Lipinski definition) is 3. The van der Waals surface area contributed by atoms with Crippen molar-refractivity contribution in [2.75, 3.05) is 18.8 Å². The number of urea groups is 1. The van der Waals surface area contributed by atoms with Gasteiger partial charge in [0.1, 0.15) is 0 Å². The molecule has 0 aromatic heterocycles. The van der Waals surface area contributed by atoms with Crippen LogP contribution in [0.3, 0.4) is 0 Å². The van der Waals surface area contributed by atoms with Crippen LogP contribution in [0.5, 0.6) is 0 Å². The molecule has 100 valence electrons. The predicted octanol–water partition coefficient (Wildman–Crippen LogP) is 1.40. The van der Waals surface area contributed by atoms with Crippen molar-refractivity contribution in [2.45, 2.75) is 18.3 Å². The second-order valence-electron chi connectivity index (χ2n) is 2.97. The van der Waals surface area contributed by atoms with E-state index in [4.69, 9.17) is 5.11 Å². The lowest BCUT2D eigenvalue weighted by molar-refractivity contribution is -0.137. The van der Waals surface area contributed by atoms with Crippen LogP contribution in [0.2, 0.25) is 0 Å². The third kappa shape index (κ3) is 12.8. The zero-order valence-electron chi connectivity index (χ0n) is 8.84. The summed E-state index contributed by atoms with van der Waals surface area (Å²) >= 11 is -0.212. The Morgan fingerprint density at radius 1 is 1.18 bits per heavy atom. The van der Waals surface area contributed by atoms with Gasteiger partial charge >= 0.3 is 17.5 Å². The second-order valence-corrected chi connectivity index (χ2v) is 4.13. The topological polar surface area (TPSA) is 78.4 Å². The van der Waals surface area contributed by atoms with Gasteiger partial charge in [-0.25, -0.2) is 4.79 Å². The highest BCUT2D eigenvalue weighted by Crippen LogP contribution is 2.29. The van der Waals surface area contributed by atoms with Gasteiger partial charge in [-0.15, -0.1) is 0 Å². The number of thioether (sulfide) groups is 1. The number of hydrogen-bond donors (Lipinski definition) is 3. The first-order chi connectivity index (χ1) is 7.81. The molecule has 0 saturated heterocycles. The SMILES string of the molecule is O=C(O)CCCNC(=O)NCCSC(F)(F)F. The van der Waals surface area contributed by atoms with E-state index in [0.717, 1.165) is 0 Å². The summed E-state index contributed by atoms with van der Waals surface area (Å²) in [5.74, 6) is -1.22. The van der Waals surface area contributed by atoms with Crippen LogP contribution < -0.4 is 10.6 Å². The van der Waals surface area contributed by atoms with E-state index >= 15 is 0 Å². The van der Waals surface area contributed by atoms with Crippen molar-refractivity contribution in [3.05, 3.63) is 0 Å². The first-order valence-corrected chi connectivity index (χ1v) is 5.74. The van der Waals surface area contributed by atoms with Crippen molar-refractivity contribution < 1.29 is 27.9 Å². The molecule has 0 unspecified atom stereocenters. The Labute approximate surface area is 100 Å². The fraction of sp³-hybridized carbons (Fsp3) is 0.750. The number of carboxylic acid groups (broad SMARTS) is 1. The third-order valence-electron chi connectivity index (χ3n) is 1.51. The molecular formula is C8H13F3N2O3S. The zero-order chi connectivity index (χ0) is 13.3. The lowest BCUT2D eigenvalue weighted by Gasteiger charge is -2.08. The lowest BCUT2D eigenvalue weighted by Crippen LogP contribution is -2.37. The fourth-order valence-electron chi connectivity index (χ4n) is 0.835. The average molecular weight is 274 g/mol. The van der Waals surface area contributed by atoms with Crippen molar-refractivity contribution in [1.29, 1.82) is 0 Å². The van der Waals surface area contributed by atoms with E-state index in [1.165, 1.54) is 0 Å². The van der Waals surface area contributed by atoms with Crippen LogP contribution in [0.1, 0.15) is 12.8 Å². The van der Waals surface area contributed by atoms with E-state index in [1.807, 2.05) is 0 Å². The third-order valence-corrected chi connectivity index (χ3v) is 2.24. The summed E-state index contributed by atoms with van der Waals surface area (Å²) in [7, 11) is 0. The number of carboxylic acids is 1. The number of nitrogens with one attached hydrogen (secondary N) is 2. The van der Waals surface area contributed by atoms with Crippen LogP contribution in [0.15, 0.2) is 0 Å². The van der Waals surface area contributed by atoms with Crippen molar-refractivity contribution in [1.82, 2.24) is 10.6 Å². The van der Waals surface area contributed by atoms with Gasteiger partial charge < -0.3 is 15.7 Å². The largest absolute Gasteiger partial charge is 0.481 e. The van der Waals surface area contributed by atoms with Crippen LogP contribution in [0, 0.1) is 0 Å². The Bertz CT molecular complexity index is 261. The van der Waals surface area contributed by atoms with E-state index in [2.05, 4.69) is 10.6 Å². The maximum Gasteiger partial charge on any atom is 0.441 e. The molecule has 0 aromatic carbocycles. The standard InChI is InChI=1S/C8H13F3N2O3S/c9-8(10,11)17-5-4-13-7(16)12-3-1-2-6(14)15/h1-5H2,(H,14,15)(H2,12,13,16). The first-order valence-electron chi connectivity index (χ1n) is 4.75. The Kier molecular flexibility index (Phi) is 7.51. The summed E-state index contributed by atoms with van der Waals surface area (Å²) in [4.78, 5) is 21.1. The highest BCUT2D eigenvalue weighted by molar-refractivity contribution is 8.00. The van der Waals surface area contributed by atoms with Crippen molar-refractivity contribution in [3.8, 4) is 0 Å². The summed E-state index contributed by atoms with van der Waals surface area (Å²) in [6.07, 6.45) is 0.213. The molecule has 5 nitrogen and oxygen atoms in total. The Hall–Kier alpha value is -1.12. The minimum absolute atomic E-state index is 0.0653. The number of amides is 2. The minimum atomic E-state index is -4.29. The van der Waals surface area contributed by atoms with Gasteiger partial charge in [-0.1, -0.05) is 0 Å². The van der Waals surface area contributed by atoms with Gasteiger partial charge in [0.15, 0.2) is 0 Å². The number of alkyl halides is 3. The van der Waals surface area contributed by atoms with Crippen LogP contribution in [-0.2, 0) is 4.79 Å². The van der Waals surface area contributed by atoms with Crippen molar-refractivity contribution in [3.63, 3.8) is 0 Å². The smallest absolute Gasteiger partial charge is 0.441 e. The molecule has 0 radical (unpaired) electrons. The molecule has 0 heterocycles. The quantitative estimate of drug-likeness (QED) is 0.613. The molecule has 0 spiro atoms. The fourth-order valence-corrected chi connectivity index (χ4v) is 1.27. The number of aliphatic carboxylic acids is 1. The number of carbonyl (C=O) groups is 2. The molecule has 0 atom stereocenters. The van der Waals surface area contributed by atoms with E-state index in [1.54, 1.807) is 0 Å². The molecule has 0 aliphatic heterocycles. The summed E-state index contributed by atoms with van der Waals surface area (Å²) in [5, 5.41) is 12.8. The Balaban J connectivity index is 3.38. The lowest BCUT2D eigenvalue weighted by atomic mass is 10.3. The summed E-state index contributed by atoms with van der Waals surface area (Å²) < 4.78 is 35.0. The molecule has 2 amide bonds. The van der Waals surface area contributed by atoms with Gasteiger partial charge in [-0.05, 0) is 18.2 Å². The highest BCUT2D eigenvalue weighted by Gasteiger charge is 2.27. The van der Waals surface area contributed by atoms with Gasteiger partial charge in [0, 0.05) is 25.3 Å². The highest BCUT2D eigenvalue weighted by atomic mass is 32.2. The predicted molar refractivity (Wildman–Crippen MR) is 56.8 cm³/mol. The normalized spacial score (nSPS) is 11.0. The summed E-state index contributed by atoms with van der Waals surface area (Å²) in [6, 6.07) is -0.599. The van der Waals surface area contributed by atoms with E-state index in [9.17, 15) is 22.8 Å².